The van der Waals surface area contributed by atoms with Crippen LogP contribution in [-0.2, 0) is 49.6 Å². The number of alkyl carbamates (subject to hydrolysis) is 1. The topological polar surface area (TPSA) is 294 Å². The van der Waals surface area contributed by atoms with Gasteiger partial charge in [0.25, 0.3) is 5.56 Å². The summed E-state index contributed by atoms with van der Waals surface area (Å²) >= 11 is 0. The summed E-state index contributed by atoms with van der Waals surface area (Å²) in [5.74, 6) is -2.81. The summed E-state index contributed by atoms with van der Waals surface area (Å²) in [7, 11) is 1.25. The minimum Gasteiger partial charge on any atom is -0.494 e. The van der Waals surface area contributed by atoms with Gasteiger partial charge < -0.3 is 61.1 Å². The van der Waals surface area contributed by atoms with E-state index in [4.69, 9.17) is 24.7 Å². The first-order valence-corrected chi connectivity index (χ1v) is 25.2. The molecule has 1 heterocycles. The zero-order valence-corrected chi connectivity index (χ0v) is 44.6. The maximum absolute atomic E-state index is 13.5. The zero-order chi connectivity index (χ0) is 55.1. The molecule has 3 aromatic rings. The summed E-state index contributed by atoms with van der Waals surface area (Å²) in [6.07, 6.45) is 3.06. The van der Waals surface area contributed by atoms with E-state index in [1.54, 1.807) is 48.5 Å². The molecular formula is C53H78N8O13. The van der Waals surface area contributed by atoms with Gasteiger partial charge in [-0.05, 0) is 124 Å². The number of nitrogens with one attached hydrogen (secondary N) is 6. The third kappa shape index (κ3) is 21.9. The quantitative estimate of drug-likeness (QED) is 0.0355. The fourth-order valence-corrected chi connectivity index (χ4v) is 7.50. The van der Waals surface area contributed by atoms with E-state index in [0.29, 0.717) is 50.1 Å². The van der Waals surface area contributed by atoms with Crippen molar-refractivity contribution >= 4 is 64.0 Å². The van der Waals surface area contributed by atoms with Gasteiger partial charge in [0.05, 0.1) is 20.3 Å². The molecule has 0 radical (unpaired) electrons. The van der Waals surface area contributed by atoms with Crippen molar-refractivity contribution in [3.63, 3.8) is 0 Å². The molecule has 0 aliphatic carbocycles. The molecule has 4 atom stereocenters. The number of carbonyl (C=O) groups is 8. The van der Waals surface area contributed by atoms with Gasteiger partial charge in [0.1, 0.15) is 53.5 Å². The monoisotopic (exact) mass is 1030 g/mol. The van der Waals surface area contributed by atoms with Crippen molar-refractivity contribution in [2.45, 2.75) is 150 Å². The number of amides is 7. The number of rotatable bonds is 30. The predicted octanol–water partition coefficient (Wildman–Crippen LogP) is 4.61. The smallest absolute Gasteiger partial charge is 0.408 e. The number of nitrogens with two attached hydrogens (primary N) is 1. The van der Waals surface area contributed by atoms with E-state index in [-0.39, 0.29) is 74.3 Å². The molecule has 2 aromatic carbocycles. The number of fused-ring (bicyclic) bond motifs is 1. The van der Waals surface area contributed by atoms with Crippen molar-refractivity contribution in [2.24, 2.45) is 23.5 Å². The van der Waals surface area contributed by atoms with Crippen LogP contribution in [0.15, 0.2) is 59.5 Å². The van der Waals surface area contributed by atoms with E-state index < -0.39 is 71.0 Å². The van der Waals surface area contributed by atoms with Gasteiger partial charge in [-0.25, -0.2) is 9.59 Å². The van der Waals surface area contributed by atoms with E-state index >= 15 is 0 Å². The standard InChI is InChI=1S/C53H78N8O13/c1-32(2)28-41(48(66)60-46(34(5)6)51(69)71-10)57-49(67)45(33(3)4)59-44(64)19-15-27-73-38-23-21-35-20-22-37(29-36(35)30-38)72-26-14-18-43(63)55-24-12-11-16-39(58-52(70)74-53(7,8)9)47(65)56-40-17-13-25-61(50(40)68)31-42(54)62/h13,17,20-23,25,29-30,32-34,39,41,45-46H,11-12,14-16,18-19,24,26-28,31H2,1-10H3,(H2,54,62)(H,55,63)(H,56,65)(H,57,67)(H,58,70)(H,59,64)(H,60,66)/t39-,41+,45+,46+/m1/s1. The Morgan fingerprint density at radius 3 is 1.84 bits per heavy atom. The van der Waals surface area contributed by atoms with Crippen molar-refractivity contribution < 1.29 is 57.3 Å². The molecule has 0 fully saturated rings. The number of hydrogen-bond acceptors (Lipinski definition) is 13. The Morgan fingerprint density at radius 1 is 0.676 bits per heavy atom. The van der Waals surface area contributed by atoms with Crippen molar-refractivity contribution in [3.05, 3.63) is 65.1 Å². The normalized spacial score (nSPS) is 13.0. The first kappa shape index (κ1) is 61.1. The average Bonchev–Trinajstić information content (AvgIpc) is 3.31. The largest absolute Gasteiger partial charge is 0.494 e. The fraction of sp³-hybridized carbons (Fsp3) is 0.566. The lowest BCUT2D eigenvalue weighted by atomic mass is 9.98. The highest BCUT2D eigenvalue weighted by molar-refractivity contribution is 5.96. The van der Waals surface area contributed by atoms with Crippen molar-refractivity contribution in [2.75, 3.05) is 32.2 Å². The molecule has 408 valence electrons. The van der Waals surface area contributed by atoms with E-state index in [1.165, 1.54) is 25.4 Å². The number of ether oxygens (including phenoxy) is 4. The maximum Gasteiger partial charge on any atom is 0.408 e. The summed E-state index contributed by atoms with van der Waals surface area (Å²) in [5, 5.41) is 18.1. The number of benzene rings is 2. The van der Waals surface area contributed by atoms with E-state index in [0.717, 1.165) is 15.3 Å². The van der Waals surface area contributed by atoms with Crippen LogP contribution in [0.25, 0.3) is 10.8 Å². The summed E-state index contributed by atoms with van der Waals surface area (Å²) in [5.41, 5.74) is 3.66. The van der Waals surface area contributed by atoms with Gasteiger partial charge >= 0.3 is 12.1 Å². The first-order chi connectivity index (χ1) is 34.9. The molecule has 8 N–H and O–H groups in total. The lowest BCUT2D eigenvalue weighted by molar-refractivity contribution is -0.146. The van der Waals surface area contributed by atoms with Gasteiger partial charge in [-0.2, -0.15) is 0 Å². The minimum atomic E-state index is -1.07. The summed E-state index contributed by atoms with van der Waals surface area (Å²) < 4.78 is 23.2. The highest BCUT2D eigenvalue weighted by atomic mass is 16.6. The number of methoxy groups -OCH3 is 1. The number of aromatic nitrogens is 1. The highest BCUT2D eigenvalue weighted by Gasteiger charge is 2.33. The van der Waals surface area contributed by atoms with Crippen LogP contribution < -0.4 is 52.7 Å². The van der Waals surface area contributed by atoms with Crippen molar-refractivity contribution in [3.8, 4) is 11.5 Å². The minimum absolute atomic E-state index is 0.0422. The average molecular weight is 1040 g/mol. The van der Waals surface area contributed by atoms with Crippen LogP contribution in [-0.4, -0.2) is 109 Å². The number of unbranched alkanes of at least 4 members (excludes halogenated alkanes) is 1. The second kappa shape index (κ2) is 30.1. The molecule has 7 amide bonds. The Hall–Kier alpha value is -7.19. The molecule has 0 bridgehead atoms. The van der Waals surface area contributed by atoms with Gasteiger partial charge in [0, 0.05) is 25.6 Å². The molecule has 0 unspecified atom stereocenters. The van der Waals surface area contributed by atoms with E-state index in [2.05, 4.69) is 31.9 Å². The molecule has 3 rings (SSSR count). The number of esters is 1. The van der Waals surface area contributed by atoms with Gasteiger partial charge in [-0.1, -0.05) is 53.7 Å². The van der Waals surface area contributed by atoms with Crippen LogP contribution >= 0.6 is 0 Å². The molecule has 0 saturated carbocycles. The lowest BCUT2D eigenvalue weighted by Crippen LogP contribution is -2.57. The van der Waals surface area contributed by atoms with Crippen LogP contribution in [0.5, 0.6) is 11.5 Å². The SMILES string of the molecule is COC(=O)[C@@H](NC(=O)[C@H](CC(C)C)NC(=O)[C@@H](NC(=O)CCCOc1ccc2ccc(OCCCC(=O)NCCCC[C@@H](NC(=O)OC(C)(C)C)C(=O)Nc3cccn(CC(N)=O)c3=O)cc2c1)C(C)C)C(C)C. The highest BCUT2D eigenvalue weighted by Crippen LogP contribution is 2.26. The van der Waals surface area contributed by atoms with Crippen LogP contribution in [0.4, 0.5) is 10.5 Å². The molecule has 21 nitrogen and oxygen atoms in total. The van der Waals surface area contributed by atoms with Gasteiger partial charge in [-0.15, -0.1) is 0 Å². The molecule has 74 heavy (non-hydrogen) atoms. The maximum atomic E-state index is 13.5. The fourth-order valence-electron chi connectivity index (χ4n) is 7.50. The molecule has 0 saturated heterocycles. The molecule has 1 aromatic heterocycles. The molecule has 21 heteroatoms. The Labute approximate surface area is 433 Å². The first-order valence-electron chi connectivity index (χ1n) is 25.2. The van der Waals surface area contributed by atoms with E-state index in [9.17, 15) is 43.2 Å². The second-order valence-electron chi connectivity index (χ2n) is 20.2. The number of carbonyl (C=O) groups excluding carboxylic acids is 8. The second-order valence-corrected chi connectivity index (χ2v) is 20.2. The Morgan fingerprint density at radius 2 is 1.28 bits per heavy atom. The van der Waals surface area contributed by atoms with Gasteiger partial charge in [0.2, 0.25) is 35.4 Å². The van der Waals surface area contributed by atoms with Gasteiger partial charge in [0.15, 0.2) is 0 Å². The van der Waals surface area contributed by atoms with Gasteiger partial charge in [-0.3, -0.25) is 33.6 Å². The van der Waals surface area contributed by atoms with Crippen LogP contribution in [0.3, 0.4) is 0 Å². The van der Waals surface area contributed by atoms with Crippen LogP contribution in [0.1, 0.15) is 114 Å². The zero-order valence-electron chi connectivity index (χ0n) is 44.6. The predicted molar refractivity (Wildman–Crippen MR) is 279 cm³/mol. The number of anilines is 1. The third-order valence-electron chi connectivity index (χ3n) is 11.3. The Bertz CT molecular complexity index is 2450. The molecular weight excluding hydrogens is 957 g/mol. The summed E-state index contributed by atoms with van der Waals surface area (Å²) in [6.45, 7) is 16.5. The number of hydrogen-bond donors (Lipinski definition) is 7. The summed E-state index contributed by atoms with van der Waals surface area (Å²) in [4.78, 5) is 115. The van der Waals surface area contributed by atoms with Crippen LogP contribution in [0.2, 0.25) is 0 Å². The molecule has 0 aliphatic rings. The number of nitrogens with zero attached hydrogens (tertiary/aromatic N) is 1. The van der Waals surface area contributed by atoms with Crippen LogP contribution in [0, 0.1) is 17.8 Å². The lowest BCUT2D eigenvalue weighted by Gasteiger charge is -2.28. The number of primary amides is 1. The molecule has 0 aliphatic heterocycles. The van der Waals surface area contributed by atoms with E-state index in [1.807, 2.05) is 50.2 Å². The van der Waals surface area contributed by atoms with Crippen molar-refractivity contribution in [1.29, 1.82) is 0 Å². The number of pyridine rings is 1. The van der Waals surface area contributed by atoms with Crippen molar-refractivity contribution in [1.82, 2.24) is 31.2 Å². The third-order valence-corrected chi connectivity index (χ3v) is 11.3. The Balaban J connectivity index is 1.43. The Kier molecular flexibility index (Phi) is 24.9. The molecule has 0 spiro atoms. The summed E-state index contributed by atoms with van der Waals surface area (Å²) in [6, 6.07) is 10.3.